The Hall–Kier alpha value is -0.160. The zero-order valence-corrected chi connectivity index (χ0v) is 10.7. The summed E-state index contributed by atoms with van der Waals surface area (Å²) in [7, 11) is 7.98. The van der Waals surface area contributed by atoms with Gasteiger partial charge in [0, 0.05) is 41.3 Å². The molecule has 0 aromatic rings. The maximum Gasteiger partial charge on any atom is 0.00993 e. The summed E-state index contributed by atoms with van der Waals surface area (Å²) in [6.07, 6.45) is 2.39. The number of nitrogens with zero attached hydrogens (tertiary/aromatic N) is 2. The van der Waals surface area contributed by atoms with Crippen LogP contribution >= 0.6 is 0 Å². The quantitative estimate of drug-likeness (QED) is 0.630. The largest absolute Gasteiger partial charge is 0.256 e. The molecule has 0 aliphatic rings. The number of hydrazine groups is 2. The van der Waals surface area contributed by atoms with Gasteiger partial charge in [-0.05, 0) is 12.8 Å². The zero-order chi connectivity index (χ0) is 11.4. The number of hydrogen-bond donors (Lipinski definition) is 2. The van der Waals surface area contributed by atoms with Gasteiger partial charge in [-0.3, -0.25) is 20.9 Å². The second-order valence-corrected chi connectivity index (χ2v) is 3.61. The molecule has 0 spiro atoms. The fraction of sp³-hybridized carbons (Fsp3) is 1.00. The summed E-state index contributed by atoms with van der Waals surface area (Å²) in [4.78, 5) is 0. The van der Waals surface area contributed by atoms with Crippen molar-refractivity contribution in [2.24, 2.45) is 0 Å². The Labute approximate surface area is 89.6 Å². The Morgan fingerprint density at radius 3 is 1.07 bits per heavy atom. The minimum absolute atomic E-state index is 1.08. The van der Waals surface area contributed by atoms with Gasteiger partial charge in [0.15, 0.2) is 0 Å². The molecule has 0 saturated heterocycles. The molecule has 0 radical (unpaired) electrons. The molecule has 0 fully saturated rings. The summed E-state index contributed by atoms with van der Waals surface area (Å²) in [5.41, 5.74) is 6.26. The first-order valence-electron chi connectivity index (χ1n) is 5.36. The third-order valence-corrected chi connectivity index (χ3v) is 1.36. The molecule has 0 atom stereocenters. The Bertz CT molecular complexity index is 82.1. The smallest absolute Gasteiger partial charge is 0.00993 e. The lowest BCUT2D eigenvalue weighted by atomic mass is 10.5. The van der Waals surface area contributed by atoms with Crippen molar-refractivity contribution in [2.45, 2.75) is 26.7 Å². The maximum absolute atomic E-state index is 3.13. The van der Waals surface area contributed by atoms with Crippen LogP contribution in [0.1, 0.15) is 26.7 Å². The average Bonchev–Trinajstić information content (AvgIpc) is 2.12. The third-order valence-electron chi connectivity index (χ3n) is 1.36. The lowest BCUT2D eigenvalue weighted by Gasteiger charge is -2.08. The average molecular weight is 204 g/mol. The van der Waals surface area contributed by atoms with Crippen LogP contribution in [0.4, 0.5) is 0 Å². The van der Waals surface area contributed by atoms with Crippen molar-refractivity contribution >= 4 is 0 Å². The van der Waals surface area contributed by atoms with Gasteiger partial charge in [-0.25, -0.2) is 0 Å². The van der Waals surface area contributed by atoms with Crippen LogP contribution in [0.5, 0.6) is 0 Å². The van der Waals surface area contributed by atoms with Crippen LogP contribution in [0.15, 0.2) is 0 Å². The van der Waals surface area contributed by atoms with Crippen molar-refractivity contribution in [2.75, 3.05) is 41.3 Å². The fourth-order valence-corrected chi connectivity index (χ4v) is 0.671. The second-order valence-electron chi connectivity index (χ2n) is 3.61. The summed E-state index contributed by atoms with van der Waals surface area (Å²) >= 11 is 0. The van der Waals surface area contributed by atoms with Crippen molar-refractivity contribution in [1.82, 2.24) is 20.9 Å². The van der Waals surface area contributed by atoms with E-state index in [-0.39, 0.29) is 0 Å². The highest BCUT2D eigenvalue weighted by atomic mass is 15.5. The lowest BCUT2D eigenvalue weighted by molar-refractivity contribution is 0.290. The molecular formula is C10H28N4. The Balaban J connectivity index is 0. The Kier molecular flexibility index (Phi) is 14.9. The van der Waals surface area contributed by atoms with Gasteiger partial charge >= 0.3 is 0 Å². The van der Waals surface area contributed by atoms with Gasteiger partial charge in [0.25, 0.3) is 0 Å². The highest BCUT2D eigenvalue weighted by molar-refractivity contribution is 4.32. The SMILES string of the molecule is CCCNN(C)C.CCCNN(C)C. The first-order chi connectivity index (χ1) is 6.54. The van der Waals surface area contributed by atoms with Crippen molar-refractivity contribution in [1.29, 1.82) is 0 Å². The van der Waals surface area contributed by atoms with E-state index in [0.717, 1.165) is 13.1 Å². The molecule has 0 aromatic carbocycles. The molecule has 0 saturated carbocycles. The first-order valence-corrected chi connectivity index (χ1v) is 5.36. The predicted molar refractivity (Wildman–Crippen MR) is 64.0 cm³/mol. The molecule has 14 heavy (non-hydrogen) atoms. The Morgan fingerprint density at radius 2 is 1.00 bits per heavy atom. The minimum Gasteiger partial charge on any atom is -0.256 e. The summed E-state index contributed by atoms with van der Waals surface area (Å²) in [5, 5.41) is 3.92. The van der Waals surface area contributed by atoms with Crippen LogP contribution in [-0.4, -0.2) is 51.3 Å². The molecule has 4 nitrogen and oxygen atoms in total. The van der Waals surface area contributed by atoms with Gasteiger partial charge in [0.05, 0.1) is 0 Å². The van der Waals surface area contributed by atoms with Gasteiger partial charge in [-0.15, -0.1) is 0 Å². The van der Waals surface area contributed by atoms with Crippen LogP contribution < -0.4 is 10.9 Å². The summed E-state index contributed by atoms with van der Waals surface area (Å²) in [6, 6.07) is 0. The topological polar surface area (TPSA) is 30.5 Å². The van der Waals surface area contributed by atoms with Gasteiger partial charge in [-0.2, -0.15) is 0 Å². The monoisotopic (exact) mass is 204 g/mol. The summed E-state index contributed by atoms with van der Waals surface area (Å²) in [6.45, 7) is 6.45. The van der Waals surface area contributed by atoms with Crippen LogP contribution in [-0.2, 0) is 0 Å². The molecule has 2 N–H and O–H groups in total. The lowest BCUT2D eigenvalue weighted by Crippen LogP contribution is -2.30. The van der Waals surface area contributed by atoms with Crippen molar-refractivity contribution in [3.8, 4) is 0 Å². The molecule has 0 aromatic heterocycles. The van der Waals surface area contributed by atoms with Crippen molar-refractivity contribution < 1.29 is 0 Å². The second kappa shape index (κ2) is 12.8. The summed E-state index contributed by atoms with van der Waals surface area (Å²) in [5.74, 6) is 0. The van der Waals surface area contributed by atoms with Crippen LogP contribution in [0.3, 0.4) is 0 Å². The number of rotatable bonds is 6. The van der Waals surface area contributed by atoms with E-state index >= 15 is 0 Å². The maximum atomic E-state index is 3.13. The van der Waals surface area contributed by atoms with Crippen LogP contribution in [0.2, 0.25) is 0 Å². The van der Waals surface area contributed by atoms with Gasteiger partial charge < -0.3 is 0 Å². The highest BCUT2D eigenvalue weighted by Gasteiger charge is 1.81. The molecule has 0 heterocycles. The van der Waals surface area contributed by atoms with E-state index in [2.05, 4.69) is 24.7 Å². The van der Waals surface area contributed by atoms with Gasteiger partial charge in [0.2, 0.25) is 0 Å². The minimum atomic E-state index is 1.08. The van der Waals surface area contributed by atoms with E-state index in [1.807, 2.05) is 38.2 Å². The van der Waals surface area contributed by atoms with Crippen molar-refractivity contribution in [3.05, 3.63) is 0 Å². The van der Waals surface area contributed by atoms with E-state index in [0.29, 0.717) is 0 Å². The fourth-order valence-electron chi connectivity index (χ4n) is 0.671. The first kappa shape index (κ1) is 16.3. The molecule has 0 aliphatic carbocycles. The standard InChI is InChI=1S/2C5H14N2/c2*1-4-5-6-7(2)3/h2*6H,4-5H2,1-3H3. The zero-order valence-electron chi connectivity index (χ0n) is 10.7. The number of hydrogen-bond acceptors (Lipinski definition) is 4. The highest BCUT2D eigenvalue weighted by Crippen LogP contribution is 1.69. The molecule has 0 aliphatic heterocycles. The predicted octanol–water partition coefficient (Wildman–Crippen LogP) is 0.925. The number of nitrogens with one attached hydrogen (secondary N) is 2. The van der Waals surface area contributed by atoms with Gasteiger partial charge in [0.1, 0.15) is 0 Å². The van der Waals surface area contributed by atoms with Crippen LogP contribution in [0, 0.1) is 0 Å². The molecule has 0 amide bonds. The van der Waals surface area contributed by atoms with Crippen LogP contribution in [0.25, 0.3) is 0 Å². The molecule has 4 heteroatoms. The normalized spacial score (nSPS) is 10.3. The summed E-state index contributed by atoms with van der Waals surface area (Å²) < 4.78 is 0. The van der Waals surface area contributed by atoms with E-state index in [1.165, 1.54) is 12.8 Å². The van der Waals surface area contributed by atoms with E-state index in [9.17, 15) is 0 Å². The molecular weight excluding hydrogens is 176 g/mol. The molecule has 88 valence electrons. The molecule has 0 bridgehead atoms. The van der Waals surface area contributed by atoms with Crippen molar-refractivity contribution in [3.63, 3.8) is 0 Å². The van der Waals surface area contributed by atoms with E-state index < -0.39 is 0 Å². The van der Waals surface area contributed by atoms with E-state index in [1.54, 1.807) is 0 Å². The Morgan fingerprint density at radius 1 is 0.714 bits per heavy atom. The van der Waals surface area contributed by atoms with Gasteiger partial charge in [-0.1, -0.05) is 13.8 Å². The molecule has 0 rings (SSSR count). The third kappa shape index (κ3) is 22.6. The molecule has 0 unspecified atom stereocenters. The van der Waals surface area contributed by atoms with E-state index in [4.69, 9.17) is 0 Å².